The number of halogens is 1. The van der Waals surface area contributed by atoms with Crippen molar-refractivity contribution in [2.24, 2.45) is 0 Å². The summed E-state index contributed by atoms with van der Waals surface area (Å²) in [5.41, 5.74) is 0.752. The number of aryl methyl sites for hydroxylation is 1. The number of hydrogen-bond acceptors (Lipinski definition) is 4. The standard InChI is InChI=1S/C14H17ClN2O3S/c1-9(2)14-16-5-6-17(14)21(18,19)13-8-11(15)10(3)7-12(13)20-4/h5-9H,1-4H3. The van der Waals surface area contributed by atoms with E-state index in [4.69, 9.17) is 16.3 Å². The van der Waals surface area contributed by atoms with Crippen molar-refractivity contribution < 1.29 is 13.2 Å². The van der Waals surface area contributed by atoms with Crippen molar-refractivity contribution in [3.05, 3.63) is 40.9 Å². The van der Waals surface area contributed by atoms with Gasteiger partial charge in [-0.05, 0) is 24.6 Å². The molecule has 0 amide bonds. The summed E-state index contributed by atoms with van der Waals surface area (Å²) in [7, 11) is -2.38. The van der Waals surface area contributed by atoms with Gasteiger partial charge in [0.15, 0.2) is 0 Å². The van der Waals surface area contributed by atoms with Crippen molar-refractivity contribution >= 4 is 21.6 Å². The predicted molar refractivity (Wildman–Crippen MR) is 81.6 cm³/mol. The zero-order valence-electron chi connectivity index (χ0n) is 12.3. The minimum absolute atomic E-state index is 0.0262. The fraction of sp³-hybridized carbons (Fsp3) is 0.357. The van der Waals surface area contributed by atoms with Gasteiger partial charge in [0.05, 0.1) is 7.11 Å². The van der Waals surface area contributed by atoms with E-state index in [1.54, 1.807) is 13.0 Å². The Balaban J connectivity index is 2.70. The molecule has 1 heterocycles. The predicted octanol–water partition coefficient (Wildman–Crippen LogP) is 3.21. The lowest BCUT2D eigenvalue weighted by molar-refractivity contribution is 0.402. The first-order valence-corrected chi connectivity index (χ1v) is 8.23. The summed E-state index contributed by atoms with van der Waals surface area (Å²) in [5.74, 6) is 0.704. The molecule has 0 unspecified atom stereocenters. The Bertz CT molecular complexity index is 767. The lowest BCUT2D eigenvalue weighted by Gasteiger charge is -2.15. The maximum atomic E-state index is 12.8. The van der Waals surface area contributed by atoms with E-state index in [2.05, 4.69) is 4.98 Å². The SMILES string of the molecule is COc1cc(C)c(Cl)cc1S(=O)(=O)n1ccnc1C(C)C. The molecule has 0 aliphatic heterocycles. The maximum absolute atomic E-state index is 12.8. The van der Waals surface area contributed by atoms with Gasteiger partial charge in [-0.1, -0.05) is 25.4 Å². The van der Waals surface area contributed by atoms with Crippen LogP contribution in [0.4, 0.5) is 0 Å². The maximum Gasteiger partial charge on any atom is 0.272 e. The highest BCUT2D eigenvalue weighted by atomic mass is 35.5. The molecule has 1 aromatic heterocycles. The molecule has 2 rings (SSSR count). The van der Waals surface area contributed by atoms with Gasteiger partial charge >= 0.3 is 0 Å². The Morgan fingerprint density at radius 1 is 1.33 bits per heavy atom. The van der Waals surface area contributed by atoms with Gasteiger partial charge in [-0.25, -0.2) is 17.4 Å². The van der Waals surface area contributed by atoms with Gasteiger partial charge in [0.1, 0.15) is 16.5 Å². The summed E-state index contributed by atoms with van der Waals surface area (Å²) >= 11 is 6.07. The summed E-state index contributed by atoms with van der Waals surface area (Å²) in [6.45, 7) is 5.55. The Morgan fingerprint density at radius 3 is 2.57 bits per heavy atom. The highest BCUT2D eigenvalue weighted by Crippen LogP contribution is 2.32. The zero-order valence-corrected chi connectivity index (χ0v) is 13.9. The third kappa shape index (κ3) is 2.78. The molecule has 0 radical (unpaired) electrons. The smallest absolute Gasteiger partial charge is 0.272 e. The zero-order chi connectivity index (χ0) is 15.8. The molecule has 21 heavy (non-hydrogen) atoms. The Morgan fingerprint density at radius 2 is 2.00 bits per heavy atom. The lowest BCUT2D eigenvalue weighted by Crippen LogP contribution is -2.17. The number of benzene rings is 1. The van der Waals surface area contributed by atoms with Crippen LogP contribution in [-0.4, -0.2) is 24.5 Å². The van der Waals surface area contributed by atoms with Crippen molar-refractivity contribution in [2.75, 3.05) is 7.11 Å². The van der Waals surface area contributed by atoms with Gasteiger partial charge in [0.25, 0.3) is 10.0 Å². The molecule has 0 spiro atoms. The molecule has 0 saturated heterocycles. The second-order valence-electron chi connectivity index (χ2n) is 4.99. The topological polar surface area (TPSA) is 61.2 Å². The molecular weight excluding hydrogens is 312 g/mol. The first-order chi connectivity index (χ1) is 9.78. The van der Waals surface area contributed by atoms with Crippen molar-refractivity contribution in [3.63, 3.8) is 0 Å². The van der Waals surface area contributed by atoms with Gasteiger partial charge in [-0.3, -0.25) is 0 Å². The van der Waals surface area contributed by atoms with Crippen molar-refractivity contribution in [1.82, 2.24) is 8.96 Å². The van der Waals surface area contributed by atoms with E-state index in [9.17, 15) is 8.42 Å². The van der Waals surface area contributed by atoms with Crippen molar-refractivity contribution in [1.29, 1.82) is 0 Å². The van der Waals surface area contributed by atoms with Gasteiger partial charge in [-0.2, -0.15) is 0 Å². The Hall–Kier alpha value is -1.53. The summed E-state index contributed by atoms with van der Waals surface area (Å²) in [4.78, 5) is 4.14. The molecule has 2 aromatic rings. The fourth-order valence-electron chi connectivity index (χ4n) is 2.01. The number of methoxy groups -OCH3 is 1. The molecule has 0 bridgehead atoms. The first kappa shape index (κ1) is 15.9. The molecule has 0 fully saturated rings. The number of nitrogens with zero attached hydrogens (tertiary/aromatic N) is 2. The Kier molecular flexibility index (Phi) is 4.30. The highest BCUT2D eigenvalue weighted by Gasteiger charge is 2.26. The van der Waals surface area contributed by atoms with E-state index in [1.807, 2.05) is 13.8 Å². The van der Waals surface area contributed by atoms with Crippen LogP contribution in [-0.2, 0) is 10.0 Å². The number of aromatic nitrogens is 2. The van der Waals surface area contributed by atoms with Gasteiger partial charge < -0.3 is 4.74 Å². The molecule has 0 aliphatic carbocycles. The molecule has 0 N–H and O–H groups in total. The van der Waals surface area contributed by atoms with Crippen molar-refractivity contribution in [3.8, 4) is 5.75 Å². The fourth-order valence-corrected chi connectivity index (χ4v) is 3.84. The van der Waals surface area contributed by atoms with Crippen LogP contribution in [0.2, 0.25) is 5.02 Å². The molecule has 5 nitrogen and oxygen atoms in total. The van der Waals surface area contributed by atoms with Crippen molar-refractivity contribution in [2.45, 2.75) is 31.6 Å². The quantitative estimate of drug-likeness (QED) is 0.864. The second-order valence-corrected chi connectivity index (χ2v) is 7.18. The van der Waals surface area contributed by atoms with Crippen LogP contribution < -0.4 is 4.74 Å². The van der Waals surface area contributed by atoms with Crippen LogP contribution in [0.25, 0.3) is 0 Å². The molecular formula is C14H17ClN2O3S. The van der Waals surface area contributed by atoms with Crippen LogP contribution in [0, 0.1) is 6.92 Å². The average molecular weight is 329 g/mol. The number of hydrogen-bond donors (Lipinski definition) is 0. The van der Waals surface area contributed by atoms with Gasteiger partial charge in [0, 0.05) is 23.3 Å². The average Bonchev–Trinajstić information content (AvgIpc) is 2.91. The van der Waals surface area contributed by atoms with Crippen LogP contribution in [0.5, 0.6) is 5.75 Å². The van der Waals surface area contributed by atoms with Gasteiger partial charge in [-0.15, -0.1) is 0 Å². The van der Waals surface area contributed by atoms with E-state index in [0.29, 0.717) is 10.8 Å². The first-order valence-electron chi connectivity index (χ1n) is 6.42. The molecule has 0 atom stereocenters. The summed E-state index contributed by atoms with van der Waals surface area (Å²) in [5, 5.41) is 0.376. The Labute approximate surface area is 129 Å². The lowest BCUT2D eigenvalue weighted by atomic mass is 10.2. The highest BCUT2D eigenvalue weighted by molar-refractivity contribution is 7.90. The number of rotatable bonds is 4. The molecule has 7 heteroatoms. The molecule has 0 saturated carbocycles. The third-order valence-electron chi connectivity index (χ3n) is 3.13. The number of imidazole rings is 1. The minimum atomic E-state index is -3.81. The third-order valence-corrected chi connectivity index (χ3v) is 5.24. The molecule has 1 aromatic carbocycles. The summed E-state index contributed by atoms with van der Waals surface area (Å²) < 4.78 is 32.1. The monoisotopic (exact) mass is 328 g/mol. The largest absolute Gasteiger partial charge is 0.495 e. The van der Waals surface area contributed by atoms with E-state index < -0.39 is 10.0 Å². The van der Waals surface area contributed by atoms with E-state index in [0.717, 1.165) is 5.56 Å². The summed E-state index contributed by atoms with van der Waals surface area (Å²) in [6, 6.07) is 3.02. The minimum Gasteiger partial charge on any atom is -0.495 e. The molecule has 0 aliphatic rings. The van der Waals surface area contributed by atoms with Crippen LogP contribution in [0.3, 0.4) is 0 Å². The molecule has 114 valence electrons. The second kappa shape index (κ2) is 5.69. The number of ether oxygens (including phenoxy) is 1. The van der Waals surface area contributed by atoms with E-state index in [-0.39, 0.29) is 16.6 Å². The summed E-state index contributed by atoms with van der Waals surface area (Å²) in [6.07, 6.45) is 2.90. The van der Waals surface area contributed by atoms with Crippen LogP contribution in [0.15, 0.2) is 29.4 Å². The van der Waals surface area contributed by atoms with Crippen LogP contribution in [0.1, 0.15) is 31.2 Å². The normalized spacial score (nSPS) is 11.9. The van der Waals surface area contributed by atoms with Crippen LogP contribution >= 0.6 is 11.6 Å². The van der Waals surface area contributed by atoms with Gasteiger partial charge in [0.2, 0.25) is 0 Å². The van der Waals surface area contributed by atoms with E-state index in [1.165, 1.54) is 29.5 Å². The van der Waals surface area contributed by atoms with E-state index >= 15 is 0 Å².